The predicted octanol–water partition coefficient (Wildman–Crippen LogP) is 3.78. The summed E-state index contributed by atoms with van der Waals surface area (Å²) in [5, 5.41) is 3.47. The van der Waals surface area contributed by atoms with Gasteiger partial charge in [0.05, 0.1) is 11.7 Å². The lowest BCUT2D eigenvalue weighted by Crippen LogP contribution is -2.47. The van der Waals surface area contributed by atoms with Crippen molar-refractivity contribution in [2.24, 2.45) is 0 Å². The summed E-state index contributed by atoms with van der Waals surface area (Å²) in [6, 6.07) is 6.92. The molecule has 2 aliphatic heterocycles. The molecular weight excluding hydrogens is 372 g/mol. The molecule has 2 fully saturated rings. The van der Waals surface area contributed by atoms with Gasteiger partial charge in [-0.3, -0.25) is 15.1 Å². The van der Waals surface area contributed by atoms with E-state index in [4.69, 9.17) is 0 Å². The first-order chi connectivity index (χ1) is 12.4. The van der Waals surface area contributed by atoms with Crippen LogP contribution in [0.4, 0.5) is 8.78 Å². The van der Waals surface area contributed by atoms with Crippen LogP contribution in [0.2, 0.25) is 0 Å². The minimum atomic E-state index is -0.505. The lowest BCUT2D eigenvalue weighted by molar-refractivity contribution is -0.131. The van der Waals surface area contributed by atoms with Gasteiger partial charge in [-0.15, -0.1) is 12.4 Å². The fourth-order valence-corrected chi connectivity index (χ4v) is 4.14. The number of amides is 1. The summed E-state index contributed by atoms with van der Waals surface area (Å²) < 4.78 is 27.8. The van der Waals surface area contributed by atoms with Gasteiger partial charge in [0.2, 0.25) is 5.91 Å². The molecule has 2 saturated heterocycles. The number of carbonyl (C=O) groups excluding carboxylic acids is 1. The van der Waals surface area contributed by atoms with E-state index < -0.39 is 17.2 Å². The lowest BCUT2D eigenvalue weighted by atomic mass is 9.96. The molecule has 4 rings (SSSR count). The zero-order valence-corrected chi connectivity index (χ0v) is 16.1. The average Bonchev–Trinajstić information content (AvgIpc) is 3.17. The standard InChI is InChI=1S/C20H21F2N3O.ClH/c1-12-9-13(15-11-14(21)3-4-16(15)22)10-18(23-12)17-5-6-20(24-17)7-8-25(2)19(20)26;/h3-4,9-11,17,24H,5-8H2,1-2H3;1H/t17-,20+;/m1./s1. The number of nitrogens with zero attached hydrogens (tertiary/aromatic N) is 2. The van der Waals surface area contributed by atoms with Gasteiger partial charge in [0.25, 0.3) is 0 Å². The van der Waals surface area contributed by atoms with Crippen LogP contribution in [-0.2, 0) is 4.79 Å². The Balaban J connectivity index is 0.00000210. The lowest BCUT2D eigenvalue weighted by Gasteiger charge is -2.23. The zero-order valence-electron chi connectivity index (χ0n) is 15.3. The predicted molar refractivity (Wildman–Crippen MR) is 102 cm³/mol. The fourth-order valence-electron chi connectivity index (χ4n) is 4.14. The zero-order chi connectivity index (χ0) is 18.5. The first kappa shape index (κ1) is 19.7. The summed E-state index contributed by atoms with van der Waals surface area (Å²) in [6.07, 6.45) is 2.34. The van der Waals surface area contributed by atoms with Crippen molar-refractivity contribution in [2.45, 2.75) is 37.8 Å². The minimum absolute atomic E-state index is 0. The summed E-state index contributed by atoms with van der Waals surface area (Å²) in [7, 11) is 1.82. The highest BCUT2D eigenvalue weighted by Gasteiger charge is 2.50. The molecule has 7 heteroatoms. The molecular formula is C20H22ClF2N3O. The van der Waals surface area contributed by atoms with Crippen LogP contribution in [0, 0.1) is 18.6 Å². The number of hydrogen-bond acceptors (Lipinski definition) is 3. The fraction of sp³-hybridized carbons (Fsp3) is 0.400. The molecule has 1 aromatic heterocycles. The summed E-state index contributed by atoms with van der Waals surface area (Å²) >= 11 is 0. The van der Waals surface area contributed by atoms with Crippen molar-refractivity contribution in [3.8, 4) is 11.1 Å². The molecule has 0 bridgehead atoms. The second-order valence-electron chi connectivity index (χ2n) is 7.34. The van der Waals surface area contributed by atoms with Crippen molar-refractivity contribution in [2.75, 3.05) is 13.6 Å². The van der Waals surface area contributed by atoms with E-state index in [2.05, 4.69) is 10.3 Å². The number of rotatable bonds is 2. The Hall–Kier alpha value is -2.05. The monoisotopic (exact) mass is 393 g/mol. The second-order valence-corrected chi connectivity index (χ2v) is 7.34. The van der Waals surface area contributed by atoms with Crippen LogP contribution in [-0.4, -0.2) is 34.9 Å². The van der Waals surface area contributed by atoms with Crippen LogP contribution in [0.5, 0.6) is 0 Å². The van der Waals surface area contributed by atoms with E-state index in [-0.39, 0.29) is 29.9 Å². The van der Waals surface area contributed by atoms with Crippen molar-refractivity contribution in [3.63, 3.8) is 0 Å². The van der Waals surface area contributed by atoms with Gasteiger partial charge in [0.15, 0.2) is 0 Å². The van der Waals surface area contributed by atoms with Crippen LogP contribution < -0.4 is 5.32 Å². The highest BCUT2D eigenvalue weighted by molar-refractivity contribution is 5.88. The van der Waals surface area contributed by atoms with E-state index in [0.717, 1.165) is 49.3 Å². The molecule has 1 N–H and O–H groups in total. The molecule has 1 aromatic carbocycles. The van der Waals surface area contributed by atoms with Gasteiger partial charge < -0.3 is 4.90 Å². The van der Waals surface area contributed by atoms with Crippen molar-refractivity contribution in [3.05, 3.63) is 53.4 Å². The third kappa shape index (κ3) is 3.44. The van der Waals surface area contributed by atoms with Gasteiger partial charge in [-0.1, -0.05) is 0 Å². The Morgan fingerprint density at radius 3 is 2.70 bits per heavy atom. The van der Waals surface area contributed by atoms with Crippen LogP contribution in [0.1, 0.15) is 36.7 Å². The van der Waals surface area contributed by atoms with Gasteiger partial charge in [-0.25, -0.2) is 8.78 Å². The quantitative estimate of drug-likeness (QED) is 0.844. The molecule has 3 heterocycles. The van der Waals surface area contributed by atoms with E-state index in [1.54, 1.807) is 17.0 Å². The molecule has 0 radical (unpaired) electrons. The Bertz CT molecular complexity index is 892. The molecule has 2 aliphatic rings. The highest BCUT2D eigenvalue weighted by Crippen LogP contribution is 2.39. The van der Waals surface area contributed by atoms with E-state index in [0.29, 0.717) is 5.56 Å². The normalized spacial score (nSPS) is 24.5. The maximum Gasteiger partial charge on any atom is 0.242 e. The number of likely N-dealkylation sites (N-methyl/N-ethyl adjacent to an activating group) is 1. The van der Waals surface area contributed by atoms with Crippen LogP contribution in [0.25, 0.3) is 11.1 Å². The summed E-state index contributed by atoms with van der Waals surface area (Å²) in [5.41, 5.74) is 1.82. The molecule has 2 aromatic rings. The van der Waals surface area contributed by atoms with Gasteiger partial charge in [-0.05, 0) is 62.1 Å². The first-order valence-corrected chi connectivity index (χ1v) is 8.85. The number of hydrogen-bond donors (Lipinski definition) is 1. The average molecular weight is 394 g/mol. The molecule has 0 unspecified atom stereocenters. The molecule has 2 atom stereocenters. The largest absolute Gasteiger partial charge is 0.344 e. The molecule has 0 saturated carbocycles. The Labute approximate surface area is 163 Å². The number of benzene rings is 1. The Kier molecular flexibility index (Phi) is 5.23. The van der Waals surface area contributed by atoms with Crippen molar-refractivity contribution in [1.29, 1.82) is 0 Å². The topological polar surface area (TPSA) is 45.2 Å². The minimum Gasteiger partial charge on any atom is -0.344 e. The maximum atomic E-state index is 14.2. The number of likely N-dealkylation sites (tertiary alicyclic amines) is 1. The summed E-state index contributed by atoms with van der Waals surface area (Å²) in [4.78, 5) is 18.8. The molecule has 1 spiro atoms. The molecule has 4 nitrogen and oxygen atoms in total. The van der Waals surface area contributed by atoms with Crippen molar-refractivity contribution in [1.82, 2.24) is 15.2 Å². The molecule has 144 valence electrons. The number of nitrogens with one attached hydrogen (secondary N) is 1. The summed E-state index contributed by atoms with van der Waals surface area (Å²) in [6.45, 7) is 2.59. The first-order valence-electron chi connectivity index (χ1n) is 8.85. The number of aromatic nitrogens is 1. The third-order valence-electron chi connectivity index (χ3n) is 5.51. The maximum absolute atomic E-state index is 14.2. The SMILES string of the molecule is Cc1cc(-c2cc(F)ccc2F)cc([C@H]2CC[C@@]3(CCN(C)C3=O)N2)n1.Cl. The number of aryl methyl sites for hydroxylation is 1. The van der Waals surface area contributed by atoms with E-state index in [1.807, 2.05) is 14.0 Å². The second kappa shape index (κ2) is 7.17. The van der Waals surface area contributed by atoms with Crippen molar-refractivity contribution >= 4 is 18.3 Å². The van der Waals surface area contributed by atoms with Crippen LogP contribution >= 0.6 is 12.4 Å². The van der Waals surface area contributed by atoms with Gasteiger partial charge in [0, 0.05) is 24.8 Å². The highest BCUT2D eigenvalue weighted by atomic mass is 35.5. The number of carbonyl (C=O) groups is 1. The Morgan fingerprint density at radius 1 is 1.22 bits per heavy atom. The Morgan fingerprint density at radius 2 is 2.00 bits per heavy atom. The van der Waals surface area contributed by atoms with E-state index >= 15 is 0 Å². The summed E-state index contributed by atoms with van der Waals surface area (Å²) in [5.74, 6) is -0.814. The van der Waals surface area contributed by atoms with Gasteiger partial charge in [-0.2, -0.15) is 0 Å². The van der Waals surface area contributed by atoms with Gasteiger partial charge in [0.1, 0.15) is 17.2 Å². The molecule has 0 aliphatic carbocycles. The number of pyridine rings is 1. The van der Waals surface area contributed by atoms with Crippen LogP contribution in [0.15, 0.2) is 30.3 Å². The van der Waals surface area contributed by atoms with E-state index in [9.17, 15) is 13.6 Å². The molecule has 27 heavy (non-hydrogen) atoms. The number of halogens is 3. The van der Waals surface area contributed by atoms with Gasteiger partial charge >= 0.3 is 0 Å². The van der Waals surface area contributed by atoms with Crippen molar-refractivity contribution < 1.29 is 13.6 Å². The smallest absolute Gasteiger partial charge is 0.242 e. The van der Waals surface area contributed by atoms with Crippen LogP contribution in [0.3, 0.4) is 0 Å². The molecule has 1 amide bonds. The third-order valence-corrected chi connectivity index (χ3v) is 5.51. The van der Waals surface area contributed by atoms with E-state index in [1.165, 1.54) is 6.07 Å².